The Labute approximate surface area is 103 Å². The summed E-state index contributed by atoms with van der Waals surface area (Å²) in [5, 5.41) is 0. The van der Waals surface area contributed by atoms with E-state index in [1.807, 2.05) is 0 Å². The number of carbonyl (C=O) groups is 1. The van der Waals surface area contributed by atoms with Gasteiger partial charge in [-0.15, -0.1) is 0 Å². The highest BCUT2D eigenvalue weighted by Gasteiger charge is 2.47. The molecule has 0 amide bonds. The maximum absolute atomic E-state index is 12.8. The van der Waals surface area contributed by atoms with E-state index in [0.29, 0.717) is 12.8 Å². The van der Waals surface area contributed by atoms with E-state index in [1.54, 1.807) is 0 Å². The van der Waals surface area contributed by atoms with Crippen molar-refractivity contribution in [1.82, 2.24) is 0 Å². The highest BCUT2D eigenvalue weighted by Crippen LogP contribution is 2.40. The predicted octanol–water partition coefficient (Wildman–Crippen LogP) is 3.46. The highest BCUT2D eigenvalue weighted by molar-refractivity contribution is 6.04. The molecule has 0 spiro atoms. The number of ether oxygens (including phenoxy) is 1. The van der Waals surface area contributed by atoms with Gasteiger partial charge in [0, 0.05) is 12.7 Å². The number of halogens is 3. The topological polar surface area (TPSA) is 26.3 Å². The Morgan fingerprint density at radius 3 is 2.33 bits per heavy atom. The number of hydrogen-bond donors (Lipinski definition) is 0. The Morgan fingerprint density at radius 2 is 1.89 bits per heavy atom. The number of Topliss-reactive ketones (excluding diaryl/α,β-unsaturated/α-hetero) is 1. The van der Waals surface area contributed by atoms with Crippen molar-refractivity contribution in [3.05, 3.63) is 35.4 Å². The SMILES string of the molecule is COC1(C(=O)c2ccccc2C(F)(F)F)CCC1. The summed E-state index contributed by atoms with van der Waals surface area (Å²) in [5.41, 5.74) is -2.24. The van der Waals surface area contributed by atoms with Crippen LogP contribution >= 0.6 is 0 Å². The van der Waals surface area contributed by atoms with Crippen molar-refractivity contribution in [2.45, 2.75) is 31.0 Å². The average Bonchev–Trinajstić information content (AvgIpc) is 2.27. The lowest BCUT2D eigenvalue weighted by Gasteiger charge is -2.39. The van der Waals surface area contributed by atoms with Gasteiger partial charge in [-0.1, -0.05) is 18.2 Å². The van der Waals surface area contributed by atoms with Gasteiger partial charge in [0.25, 0.3) is 0 Å². The predicted molar refractivity (Wildman–Crippen MR) is 59.4 cm³/mol. The number of hydrogen-bond acceptors (Lipinski definition) is 2. The molecule has 18 heavy (non-hydrogen) atoms. The third-order valence-corrected chi connectivity index (χ3v) is 3.44. The Kier molecular flexibility index (Phi) is 3.19. The summed E-state index contributed by atoms with van der Waals surface area (Å²) in [4.78, 5) is 12.2. The normalized spacial score (nSPS) is 18.2. The van der Waals surface area contributed by atoms with E-state index >= 15 is 0 Å². The van der Waals surface area contributed by atoms with Gasteiger partial charge in [0.2, 0.25) is 0 Å². The van der Waals surface area contributed by atoms with Crippen LogP contribution in [0.3, 0.4) is 0 Å². The molecule has 0 radical (unpaired) electrons. The third kappa shape index (κ3) is 2.03. The first-order chi connectivity index (χ1) is 8.41. The van der Waals surface area contributed by atoms with Gasteiger partial charge in [0.05, 0.1) is 5.56 Å². The van der Waals surface area contributed by atoms with Crippen LogP contribution in [0.15, 0.2) is 24.3 Å². The van der Waals surface area contributed by atoms with Gasteiger partial charge in [-0.25, -0.2) is 0 Å². The van der Waals surface area contributed by atoms with E-state index in [1.165, 1.54) is 25.3 Å². The zero-order valence-corrected chi connectivity index (χ0v) is 9.88. The molecule has 1 fully saturated rings. The second kappa shape index (κ2) is 4.39. The molecule has 98 valence electrons. The molecule has 1 aromatic rings. The van der Waals surface area contributed by atoms with Crippen LogP contribution in [-0.4, -0.2) is 18.5 Å². The van der Waals surface area contributed by atoms with E-state index in [4.69, 9.17) is 4.74 Å². The smallest absolute Gasteiger partial charge is 0.370 e. The van der Waals surface area contributed by atoms with Gasteiger partial charge >= 0.3 is 6.18 Å². The number of rotatable bonds is 3. The van der Waals surface area contributed by atoms with Crippen molar-refractivity contribution >= 4 is 5.78 Å². The minimum absolute atomic E-state index is 0.299. The van der Waals surface area contributed by atoms with Crippen LogP contribution in [-0.2, 0) is 10.9 Å². The van der Waals surface area contributed by atoms with E-state index in [9.17, 15) is 18.0 Å². The molecule has 2 rings (SSSR count). The van der Waals surface area contributed by atoms with Crippen LogP contribution in [0.5, 0.6) is 0 Å². The zero-order chi connectivity index (χ0) is 13.4. The number of benzene rings is 1. The molecule has 0 aromatic heterocycles. The van der Waals surface area contributed by atoms with Gasteiger partial charge in [-0.2, -0.15) is 13.2 Å². The van der Waals surface area contributed by atoms with Crippen LogP contribution in [0, 0.1) is 0 Å². The zero-order valence-electron chi connectivity index (χ0n) is 9.88. The van der Waals surface area contributed by atoms with Gasteiger partial charge < -0.3 is 4.74 Å². The van der Waals surface area contributed by atoms with Crippen LogP contribution in [0.4, 0.5) is 13.2 Å². The van der Waals surface area contributed by atoms with E-state index in [0.717, 1.165) is 12.5 Å². The van der Waals surface area contributed by atoms with Crippen molar-refractivity contribution in [2.24, 2.45) is 0 Å². The Bertz CT molecular complexity index is 456. The van der Waals surface area contributed by atoms with Gasteiger partial charge in [-0.05, 0) is 25.3 Å². The van der Waals surface area contributed by atoms with Crippen molar-refractivity contribution in [3.63, 3.8) is 0 Å². The number of alkyl halides is 3. The lowest BCUT2D eigenvalue weighted by atomic mass is 9.74. The molecule has 1 saturated carbocycles. The molecule has 0 atom stereocenters. The maximum atomic E-state index is 12.8. The summed E-state index contributed by atoms with van der Waals surface area (Å²) >= 11 is 0. The summed E-state index contributed by atoms with van der Waals surface area (Å²) in [5.74, 6) is -0.566. The van der Waals surface area contributed by atoms with Crippen molar-refractivity contribution in [1.29, 1.82) is 0 Å². The van der Waals surface area contributed by atoms with E-state index in [-0.39, 0.29) is 5.56 Å². The molecule has 0 saturated heterocycles. The fourth-order valence-corrected chi connectivity index (χ4v) is 2.20. The number of ketones is 1. The van der Waals surface area contributed by atoms with E-state index in [2.05, 4.69) is 0 Å². The molecule has 0 N–H and O–H groups in total. The van der Waals surface area contributed by atoms with E-state index < -0.39 is 23.1 Å². The van der Waals surface area contributed by atoms with Crippen molar-refractivity contribution in [2.75, 3.05) is 7.11 Å². The van der Waals surface area contributed by atoms with Gasteiger partial charge in [-0.3, -0.25) is 4.79 Å². The minimum atomic E-state index is -4.52. The fraction of sp³-hybridized carbons (Fsp3) is 0.462. The third-order valence-electron chi connectivity index (χ3n) is 3.44. The Hall–Kier alpha value is -1.36. The molecule has 2 nitrogen and oxygen atoms in total. The molecule has 0 bridgehead atoms. The summed E-state index contributed by atoms with van der Waals surface area (Å²) in [6, 6.07) is 4.85. The first-order valence-electron chi connectivity index (χ1n) is 5.67. The lowest BCUT2D eigenvalue weighted by Crippen LogP contribution is -2.47. The first kappa shape index (κ1) is 13.1. The molecular formula is C13H13F3O2. The van der Waals surface area contributed by atoms with Crippen molar-refractivity contribution < 1.29 is 22.7 Å². The van der Waals surface area contributed by atoms with Crippen LogP contribution < -0.4 is 0 Å². The Morgan fingerprint density at radius 1 is 1.28 bits per heavy atom. The van der Waals surface area contributed by atoms with Gasteiger partial charge in [0.15, 0.2) is 5.78 Å². The van der Waals surface area contributed by atoms with Crippen LogP contribution in [0.2, 0.25) is 0 Å². The highest BCUT2D eigenvalue weighted by atomic mass is 19.4. The molecule has 5 heteroatoms. The molecule has 0 unspecified atom stereocenters. The fourth-order valence-electron chi connectivity index (χ4n) is 2.20. The molecule has 1 aliphatic rings. The summed E-state index contributed by atoms with van der Waals surface area (Å²) in [7, 11) is 1.37. The monoisotopic (exact) mass is 258 g/mol. The maximum Gasteiger partial charge on any atom is 0.417 e. The standard InChI is InChI=1S/C13H13F3O2/c1-18-12(7-4-8-12)11(17)9-5-2-3-6-10(9)13(14,15)16/h2-3,5-6H,4,7-8H2,1H3. The Balaban J connectivity index is 2.43. The molecule has 0 aliphatic heterocycles. The largest absolute Gasteiger partial charge is 0.417 e. The number of methoxy groups -OCH3 is 1. The number of carbonyl (C=O) groups excluding carboxylic acids is 1. The van der Waals surface area contributed by atoms with Crippen LogP contribution in [0.1, 0.15) is 35.2 Å². The summed E-state index contributed by atoms with van der Waals surface area (Å²) in [6.07, 6.45) is -2.76. The second-order valence-corrected chi connectivity index (χ2v) is 4.42. The molecule has 0 heterocycles. The molecule has 1 aliphatic carbocycles. The minimum Gasteiger partial charge on any atom is -0.370 e. The lowest BCUT2D eigenvalue weighted by molar-refractivity contribution is -0.138. The van der Waals surface area contributed by atoms with Crippen molar-refractivity contribution in [3.8, 4) is 0 Å². The average molecular weight is 258 g/mol. The summed E-state index contributed by atoms with van der Waals surface area (Å²) < 4.78 is 43.6. The molecular weight excluding hydrogens is 245 g/mol. The second-order valence-electron chi connectivity index (χ2n) is 4.42. The van der Waals surface area contributed by atoms with Crippen LogP contribution in [0.25, 0.3) is 0 Å². The molecule has 1 aromatic carbocycles. The summed E-state index contributed by atoms with van der Waals surface area (Å²) in [6.45, 7) is 0. The quantitative estimate of drug-likeness (QED) is 0.776. The first-order valence-corrected chi connectivity index (χ1v) is 5.67. The van der Waals surface area contributed by atoms with Gasteiger partial charge in [0.1, 0.15) is 5.60 Å².